The summed E-state index contributed by atoms with van der Waals surface area (Å²) in [7, 11) is 0. The molecule has 0 spiro atoms. The summed E-state index contributed by atoms with van der Waals surface area (Å²) in [4.78, 5) is 23.9. The van der Waals surface area contributed by atoms with Crippen LogP contribution in [0.5, 0.6) is 0 Å². The third kappa shape index (κ3) is 3.33. The van der Waals surface area contributed by atoms with Crippen molar-refractivity contribution in [3.05, 3.63) is 63.6 Å². The Kier molecular flexibility index (Phi) is 4.35. The minimum absolute atomic E-state index is 0.388. The second-order valence-corrected chi connectivity index (χ2v) is 5.47. The van der Waals surface area contributed by atoms with Crippen molar-refractivity contribution in [1.82, 2.24) is 0 Å². The van der Waals surface area contributed by atoms with Crippen molar-refractivity contribution in [2.24, 2.45) is 0 Å². The lowest BCUT2D eigenvalue weighted by atomic mass is 10.1. The molecule has 0 saturated carbocycles. The molecule has 0 aliphatic heterocycles. The summed E-state index contributed by atoms with van der Waals surface area (Å²) < 4.78 is 0.887. The van der Waals surface area contributed by atoms with Gasteiger partial charge < -0.3 is 5.32 Å². The zero-order valence-corrected chi connectivity index (χ0v) is 12.8. The molecule has 102 valence electrons. The van der Waals surface area contributed by atoms with Crippen LogP contribution in [0.2, 0.25) is 0 Å². The number of ketones is 1. The molecule has 2 rings (SSSR count). The number of amides is 1. The first-order valence-electron chi connectivity index (χ1n) is 6.16. The van der Waals surface area contributed by atoms with Crippen LogP contribution in [-0.4, -0.2) is 11.7 Å². The van der Waals surface area contributed by atoms with E-state index in [-0.39, 0.29) is 0 Å². The van der Waals surface area contributed by atoms with Crippen molar-refractivity contribution >= 4 is 33.3 Å². The Morgan fingerprint density at radius 1 is 1.00 bits per heavy atom. The maximum Gasteiger partial charge on any atom is 0.296 e. The molecule has 0 aliphatic carbocycles. The number of nitrogens with one attached hydrogen (secondary N) is 1. The first kappa shape index (κ1) is 14.5. The maximum atomic E-state index is 12.0. The van der Waals surface area contributed by atoms with Gasteiger partial charge in [-0.2, -0.15) is 0 Å². The summed E-state index contributed by atoms with van der Waals surface area (Å²) in [6.07, 6.45) is 0. The molecular formula is C16H14BrNO2. The van der Waals surface area contributed by atoms with Crippen LogP contribution in [0.1, 0.15) is 21.5 Å². The Balaban J connectivity index is 2.13. The maximum absolute atomic E-state index is 12.0. The molecule has 2 aromatic carbocycles. The Bertz CT molecular complexity index is 663. The topological polar surface area (TPSA) is 46.2 Å². The summed E-state index contributed by atoms with van der Waals surface area (Å²) in [5.74, 6) is -1.17. The first-order valence-corrected chi connectivity index (χ1v) is 6.95. The van der Waals surface area contributed by atoms with E-state index in [4.69, 9.17) is 0 Å². The van der Waals surface area contributed by atoms with Crippen molar-refractivity contribution < 1.29 is 9.59 Å². The molecule has 3 nitrogen and oxygen atoms in total. The quantitative estimate of drug-likeness (QED) is 0.685. The van der Waals surface area contributed by atoms with Gasteiger partial charge in [-0.25, -0.2) is 0 Å². The molecule has 1 amide bonds. The van der Waals surface area contributed by atoms with Gasteiger partial charge in [-0.1, -0.05) is 51.8 Å². The highest BCUT2D eigenvalue weighted by Gasteiger charge is 2.16. The number of Topliss-reactive ketones (excluding diaryl/α,β-unsaturated/α-hetero) is 1. The third-order valence-corrected chi connectivity index (χ3v) is 3.80. The number of halogens is 1. The second kappa shape index (κ2) is 6.01. The first-order chi connectivity index (χ1) is 9.47. The molecular weight excluding hydrogens is 318 g/mol. The molecule has 1 N–H and O–H groups in total. The second-order valence-electron chi connectivity index (χ2n) is 4.61. The number of anilines is 1. The average Bonchev–Trinajstić information content (AvgIpc) is 2.43. The van der Waals surface area contributed by atoms with Gasteiger partial charge in [0.15, 0.2) is 0 Å². The molecule has 0 aliphatic rings. The summed E-state index contributed by atoms with van der Waals surface area (Å²) in [6.45, 7) is 3.88. The number of hydrogen-bond acceptors (Lipinski definition) is 2. The van der Waals surface area contributed by atoms with E-state index in [0.717, 1.165) is 15.6 Å². The predicted molar refractivity (Wildman–Crippen MR) is 83.0 cm³/mol. The van der Waals surface area contributed by atoms with Crippen LogP contribution in [0.3, 0.4) is 0 Å². The van der Waals surface area contributed by atoms with Crippen LogP contribution in [-0.2, 0) is 4.79 Å². The zero-order chi connectivity index (χ0) is 14.7. The van der Waals surface area contributed by atoms with Crippen LogP contribution in [0.4, 0.5) is 5.69 Å². The standard InChI is InChI=1S/C16H14BrNO2/c1-10-3-6-12(7-4-10)15(19)16(20)18-13-8-5-11(2)14(17)9-13/h3-9H,1-2H3,(H,18,20). The highest BCUT2D eigenvalue weighted by molar-refractivity contribution is 9.10. The fourth-order valence-corrected chi connectivity index (χ4v) is 2.07. The van der Waals surface area contributed by atoms with Gasteiger partial charge in [0.25, 0.3) is 11.7 Å². The van der Waals surface area contributed by atoms with Gasteiger partial charge in [0.1, 0.15) is 0 Å². The minimum Gasteiger partial charge on any atom is -0.319 e. The monoisotopic (exact) mass is 331 g/mol. The van der Waals surface area contributed by atoms with Gasteiger partial charge in [-0.15, -0.1) is 0 Å². The molecule has 20 heavy (non-hydrogen) atoms. The molecule has 0 radical (unpaired) electrons. The van der Waals surface area contributed by atoms with Crippen molar-refractivity contribution in [1.29, 1.82) is 0 Å². The normalized spacial score (nSPS) is 10.2. The number of carbonyl (C=O) groups excluding carboxylic acids is 2. The lowest BCUT2D eigenvalue weighted by molar-refractivity contribution is -0.112. The smallest absolute Gasteiger partial charge is 0.296 e. The largest absolute Gasteiger partial charge is 0.319 e. The number of carbonyl (C=O) groups is 2. The number of hydrogen-bond donors (Lipinski definition) is 1. The van der Waals surface area contributed by atoms with E-state index in [9.17, 15) is 9.59 Å². The Morgan fingerprint density at radius 2 is 1.65 bits per heavy atom. The average molecular weight is 332 g/mol. The van der Waals surface area contributed by atoms with Crippen LogP contribution in [0.15, 0.2) is 46.9 Å². The summed E-state index contributed by atoms with van der Waals surface area (Å²) in [5.41, 5.74) is 3.09. The molecule has 2 aromatic rings. The Hall–Kier alpha value is -1.94. The number of rotatable bonds is 3. The number of aryl methyl sites for hydroxylation is 2. The molecule has 0 atom stereocenters. The van der Waals surface area contributed by atoms with E-state index in [1.54, 1.807) is 24.3 Å². The Labute approximate surface area is 126 Å². The van der Waals surface area contributed by atoms with Crippen molar-refractivity contribution in [3.63, 3.8) is 0 Å². The van der Waals surface area contributed by atoms with Gasteiger partial charge in [0, 0.05) is 15.7 Å². The summed E-state index contributed by atoms with van der Waals surface area (Å²) in [5, 5.41) is 2.60. The van der Waals surface area contributed by atoms with Crippen LogP contribution >= 0.6 is 15.9 Å². The lowest BCUT2D eigenvalue weighted by Gasteiger charge is -2.06. The third-order valence-electron chi connectivity index (χ3n) is 2.95. The summed E-state index contributed by atoms with van der Waals surface area (Å²) >= 11 is 3.39. The molecule has 0 aromatic heterocycles. The van der Waals surface area contributed by atoms with Gasteiger partial charge in [0.05, 0.1) is 0 Å². The Morgan fingerprint density at radius 3 is 2.25 bits per heavy atom. The molecule has 4 heteroatoms. The van der Waals surface area contributed by atoms with Crippen LogP contribution in [0, 0.1) is 13.8 Å². The van der Waals surface area contributed by atoms with Crippen molar-refractivity contribution in [3.8, 4) is 0 Å². The number of benzene rings is 2. The van der Waals surface area contributed by atoms with E-state index < -0.39 is 11.7 Å². The SMILES string of the molecule is Cc1ccc(C(=O)C(=O)Nc2ccc(C)c(Br)c2)cc1. The zero-order valence-electron chi connectivity index (χ0n) is 11.2. The van der Waals surface area contributed by atoms with Gasteiger partial charge in [-0.05, 0) is 31.5 Å². The molecule has 0 unspecified atom stereocenters. The summed E-state index contributed by atoms with van der Waals surface area (Å²) in [6, 6.07) is 12.3. The fraction of sp³-hybridized carbons (Fsp3) is 0.125. The van der Waals surface area contributed by atoms with Gasteiger partial charge in [0.2, 0.25) is 0 Å². The van der Waals surface area contributed by atoms with E-state index in [0.29, 0.717) is 11.3 Å². The van der Waals surface area contributed by atoms with E-state index in [1.807, 2.05) is 32.0 Å². The predicted octanol–water partition coefficient (Wildman–Crippen LogP) is 3.89. The van der Waals surface area contributed by atoms with E-state index in [2.05, 4.69) is 21.2 Å². The van der Waals surface area contributed by atoms with E-state index in [1.165, 1.54) is 0 Å². The molecule has 0 saturated heterocycles. The van der Waals surface area contributed by atoms with Gasteiger partial charge >= 0.3 is 0 Å². The molecule has 0 bridgehead atoms. The highest BCUT2D eigenvalue weighted by Crippen LogP contribution is 2.20. The van der Waals surface area contributed by atoms with Crippen molar-refractivity contribution in [2.75, 3.05) is 5.32 Å². The molecule has 0 heterocycles. The van der Waals surface area contributed by atoms with Crippen LogP contribution < -0.4 is 5.32 Å². The van der Waals surface area contributed by atoms with Crippen molar-refractivity contribution in [2.45, 2.75) is 13.8 Å². The fourth-order valence-electron chi connectivity index (χ4n) is 1.69. The highest BCUT2D eigenvalue weighted by atomic mass is 79.9. The van der Waals surface area contributed by atoms with E-state index >= 15 is 0 Å². The van der Waals surface area contributed by atoms with Crippen LogP contribution in [0.25, 0.3) is 0 Å². The molecule has 0 fully saturated rings. The minimum atomic E-state index is -0.635. The van der Waals surface area contributed by atoms with Gasteiger partial charge in [-0.3, -0.25) is 9.59 Å². The lowest BCUT2D eigenvalue weighted by Crippen LogP contribution is -2.22.